The van der Waals surface area contributed by atoms with E-state index >= 15 is 0 Å². The van der Waals surface area contributed by atoms with Crippen LogP contribution in [0.4, 0.5) is 0 Å². The monoisotopic (exact) mass is 753 g/mol. The number of benzene rings is 9. The lowest BCUT2D eigenvalue weighted by atomic mass is 9.67. The van der Waals surface area contributed by atoms with Crippen molar-refractivity contribution >= 4 is 60.3 Å². The van der Waals surface area contributed by atoms with Crippen LogP contribution in [0.15, 0.2) is 187 Å². The Hall–Kier alpha value is -7.36. The largest absolute Gasteiger partial charge is 0.383 e. The molecule has 0 aliphatic heterocycles. The SMILES string of the molecule is CCC1=C2/C=C\Cc3cccc4c3c3c(c5ccccc54)-c4ccccc4C13c1cccc(-c3c(C(=N)/N=C(\N)c4ccccc4)c4ccccc4c4ccccc34)c12. The van der Waals surface area contributed by atoms with Gasteiger partial charge in [0.2, 0.25) is 0 Å². The molecule has 3 aliphatic carbocycles. The smallest absolute Gasteiger partial charge is 0.155 e. The molecule has 3 heteroatoms. The van der Waals surface area contributed by atoms with Gasteiger partial charge in [-0.05, 0) is 112 Å². The summed E-state index contributed by atoms with van der Waals surface area (Å²) in [5.41, 5.74) is 21.9. The van der Waals surface area contributed by atoms with Gasteiger partial charge in [-0.2, -0.15) is 0 Å². The minimum Gasteiger partial charge on any atom is -0.383 e. The van der Waals surface area contributed by atoms with Gasteiger partial charge in [0.25, 0.3) is 0 Å². The predicted molar refractivity (Wildman–Crippen MR) is 248 cm³/mol. The number of rotatable bonds is 4. The number of nitrogens with two attached hydrogens (primary N) is 1. The Morgan fingerprint density at radius 1 is 0.576 bits per heavy atom. The highest BCUT2D eigenvalue weighted by molar-refractivity contribution is 6.28. The van der Waals surface area contributed by atoms with E-state index in [0.717, 1.165) is 56.6 Å². The van der Waals surface area contributed by atoms with Crippen molar-refractivity contribution in [1.29, 1.82) is 5.41 Å². The van der Waals surface area contributed by atoms with E-state index in [1.54, 1.807) is 0 Å². The molecule has 0 heterocycles. The van der Waals surface area contributed by atoms with Crippen molar-refractivity contribution in [1.82, 2.24) is 0 Å². The Kier molecular flexibility index (Phi) is 7.19. The average molecular weight is 754 g/mol. The number of nitrogens with zero attached hydrogens (tertiary/aromatic N) is 1. The highest BCUT2D eigenvalue weighted by Crippen LogP contribution is 2.67. The molecule has 9 aromatic carbocycles. The molecule has 12 rings (SSSR count). The molecule has 59 heavy (non-hydrogen) atoms. The number of amidine groups is 2. The van der Waals surface area contributed by atoms with Crippen LogP contribution in [0, 0.1) is 5.41 Å². The molecule has 1 unspecified atom stereocenters. The molecule has 3 aliphatic rings. The number of fused-ring (bicyclic) bond motifs is 10. The molecule has 278 valence electrons. The maximum absolute atomic E-state index is 9.90. The normalized spacial score (nSPS) is 16.9. The van der Waals surface area contributed by atoms with Crippen LogP contribution in [-0.4, -0.2) is 11.7 Å². The van der Waals surface area contributed by atoms with Gasteiger partial charge in [-0.25, -0.2) is 4.99 Å². The first-order chi connectivity index (χ1) is 29.1. The van der Waals surface area contributed by atoms with Crippen LogP contribution in [0.25, 0.3) is 70.9 Å². The summed E-state index contributed by atoms with van der Waals surface area (Å²) in [6.45, 7) is 2.34. The average Bonchev–Trinajstić information content (AvgIpc) is 3.77. The summed E-state index contributed by atoms with van der Waals surface area (Å²) in [7, 11) is 0. The van der Waals surface area contributed by atoms with E-state index in [1.165, 1.54) is 71.6 Å². The van der Waals surface area contributed by atoms with Crippen LogP contribution < -0.4 is 5.73 Å². The van der Waals surface area contributed by atoms with Crippen molar-refractivity contribution in [3.8, 4) is 22.3 Å². The van der Waals surface area contributed by atoms with Crippen molar-refractivity contribution in [2.24, 2.45) is 10.7 Å². The summed E-state index contributed by atoms with van der Waals surface area (Å²) in [4.78, 5) is 4.89. The maximum Gasteiger partial charge on any atom is 0.155 e. The van der Waals surface area contributed by atoms with Crippen LogP contribution in [-0.2, 0) is 11.8 Å². The van der Waals surface area contributed by atoms with Crippen molar-refractivity contribution in [3.63, 3.8) is 0 Å². The summed E-state index contributed by atoms with van der Waals surface area (Å²) in [6.07, 6.45) is 6.51. The molecule has 2 bridgehead atoms. The van der Waals surface area contributed by atoms with Crippen molar-refractivity contribution in [2.45, 2.75) is 25.2 Å². The van der Waals surface area contributed by atoms with Gasteiger partial charge in [0.1, 0.15) is 5.84 Å². The zero-order valence-corrected chi connectivity index (χ0v) is 32.7. The van der Waals surface area contributed by atoms with Crippen LogP contribution >= 0.6 is 0 Å². The molecule has 0 saturated carbocycles. The zero-order valence-electron chi connectivity index (χ0n) is 32.7. The van der Waals surface area contributed by atoms with Gasteiger partial charge in [0.15, 0.2) is 5.84 Å². The van der Waals surface area contributed by atoms with Crippen LogP contribution in [0.2, 0.25) is 0 Å². The fourth-order valence-electron chi connectivity index (χ4n) is 11.2. The molecule has 0 fully saturated rings. The van der Waals surface area contributed by atoms with Gasteiger partial charge in [0, 0.05) is 16.7 Å². The third-order valence-electron chi connectivity index (χ3n) is 13.3. The molecule has 0 saturated heterocycles. The predicted octanol–water partition coefficient (Wildman–Crippen LogP) is 13.3. The summed E-state index contributed by atoms with van der Waals surface area (Å²) in [6, 6.07) is 59.0. The second-order valence-corrected chi connectivity index (χ2v) is 16.1. The van der Waals surface area contributed by atoms with Gasteiger partial charge in [0.05, 0.1) is 5.41 Å². The first-order valence-electron chi connectivity index (χ1n) is 20.6. The molecular weight excluding hydrogens is 715 g/mol. The highest BCUT2D eigenvalue weighted by Gasteiger charge is 2.54. The minimum absolute atomic E-state index is 0.144. The summed E-state index contributed by atoms with van der Waals surface area (Å²) in [5.74, 6) is 0.467. The molecule has 3 N–H and O–H groups in total. The Labute approximate surface area is 343 Å². The van der Waals surface area contributed by atoms with Crippen molar-refractivity contribution < 1.29 is 0 Å². The van der Waals surface area contributed by atoms with E-state index in [2.05, 4.69) is 153 Å². The summed E-state index contributed by atoms with van der Waals surface area (Å²) in [5, 5.41) is 19.5. The summed E-state index contributed by atoms with van der Waals surface area (Å²) < 4.78 is 0. The van der Waals surface area contributed by atoms with E-state index in [1.807, 2.05) is 30.3 Å². The molecule has 3 nitrogen and oxygen atoms in total. The molecule has 1 atom stereocenters. The lowest BCUT2D eigenvalue weighted by Crippen LogP contribution is -2.28. The fourth-order valence-corrected chi connectivity index (χ4v) is 11.2. The minimum atomic E-state index is -0.523. The van der Waals surface area contributed by atoms with Crippen molar-refractivity contribution in [2.75, 3.05) is 0 Å². The van der Waals surface area contributed by atoms with E-state index in [0.29, 0.717) is 5.84 Å². The third-order valence-corrected chi connectivity index (χ3v) is 13.3. The zero-order chi connectivity index (χ0) is 39.4. The van der Waals surface area contributed by atoms with E-state index in [-0.39, 0.29) is 5.84 Å². The first kappa shape index (κ1) is 33.7. The number of aliphatic imine (C=N–C) groups is 1. The fraction of sp³-hybridized carbons (Fsp3) is 0.0714. The Bertz CT molecular complexity index is 3420. The topological polar surface area (TPSA) is 62.2 Å². The molecule has 9 aromatic rings. The quantitative estimate of drug-likeness (QED) is 0.105. The molecule has 0 amide bonds. The van der Waals surface area contributed by atoms with Gasteiger partial charge < -0.3 is 5.73 Å². The first-order valence-corrected chi connectivity index (χ1v) is 20.6. The lowest BCUT2D eigenvalue weighted by molar-refractivity contribution is 0.739. The van der Waals surface area contributed by atoms with Gasteiger partial charge in [-0.15, -0.1) is 0 Å². The Morgan fingerprint density at radius 2 is 1.15 bits per heavy atom. The number of nitrogens with one attached hydrogen (secondary N) is 1. The van der Waals surface area contributed by atoms with Crippen LogP contribution in [0.5, 0.6) is 0 Å². The maximum atomic E-state index is 9.90. The standard InChI is InChI=1S/C56H39N3/c1-2-45-42-29-15-20-33-19-14-28-38-37-23-8-10-25-40(37)51-43-27-12-13-31-46(43)56(45,53(51)48(33)38)47-32-16-30-44(49(42)47)50-39-24-9-6-21-35(39)36-22-7-11-26-41(36)52(50)55(58)59-54(57)34-17-4-3-5-18-34/h3-19,21-32H,2,20H2,1H3,(H3,57,58,59)/b29-15-. The molecule has 0 aromatic heterocycles. The van der Waals surface area contributed by atoms with Crippen molar-refractivity contribution in [3.05, 3.63) is 220 Å². The van der Waals surface area contributed by atoms with Crippen LogP contribution in [0.1, 0.15) is 52.3 Å². The Morgan fingerprint density at radius 3 is 1.92 bits per heavy atom. The molecule has 0 radical (unpaired) electrons. The molecule has 1 spiro atoms. The second kappa shape index (κ2) is 12.6. The van der Waals surface area contributed by atoms with Gasteiger partial charge >= 0.3 is 0 Å². The number of allylic oxidation sites excluding steroid dienone is 4. The number of hydrogen-bond acceptors (Lipinski definition) is 1. The van der Waals surface area contributed by atoms with E-state index < -0.39 is 5.41 Å². The van der Waals surface area contributed by atoms with E-state index in [4.69, 9.17) is 10.7 Å². The molecular formula is C56H39N3. The highest BCUT2D eigenvalue weighted by atomic mass is 14.9. The van der Waals surface area contributed by atoms with Crippen LogP contribution in [0.3, 0.4) is 0 Å². The second-order valence-electron chi connectivity index (χ2n) is 16.1. The Balaban J connectivity index is 1.26. The van der Waals surface area contributed by atoms with E-state index in [9.17, 15) is 5.41 Å². The van der Waals surface area contributed by atoms with Gasteiger partial charge in [-0.3, -0.25) is 5.41 Å². The lowest BCUT2D eigenvalue weighted by Gasteiger charge is -2.34. The van der Waals surface area contributed by atoms with Gasteiger partial charge in [-0.1, -0.05) is 183 Å². The summed E-state index contributed by atoms with van der Waals surface area (Å²) >= 11 is 0. The number of hydrogen-bond donors (Lipinski definition) is 2. The third kappa shape index (κ3) is 4.42.